The van der Waals surface area contributed by atoms with Gasteiger partial charge in [-0.25, -0.2) is 0 Å². The summed E-state index contributed by atoms with van der Waals surface area (Å²) in [4.78, 5) is 2.51. The van der Waals surface area contributed by atoms with Crippen LogP contribution in [0, 0.1) is 11.8 Å². The van der Waals surface area contributed by atoms with Crippen LogP contribution in [0.15, 0.2) is 21.2 Å². The maximum atomic E-state index is 5.93. The molecule has 1 saturated heterocycles. The molecule has 0 aromatic carbocycles. The SMILES string of the molecule is NCC(c1ccc(Br)o1)N1CC2CCCC2C1. The fourth-order valence-electron chi connectivity index (χ4n) is 3.48. The minimum absolute atomic E-state index is 0.256. The third kappa shape index (κ3) is 2.18. The van der Waals surface area contributed by atoms with Crippen LogP contribution in [-0.4, -0.2) is 24.5 Å². The van der Waals surface area contributed by atoms with Crippen molar-refractivity contribution in [2.45, 2.75) is 25.3 Å². The summed E-state index contributed by atoms with van der Waals surface area (Å²) in [6, 6.07) is 4.25. The Morgan fingerprint density at radius 1 is 1.35 bits per heavy atom. The topological polar surface area (TPSA) is 42.4 Å². The zero-order chi connectivity index (χ0) is 11.8. The highest BCUT2D eigenvalue weighted by Crippen LogP contribution is 2.41. The first kappa shape index (κ1) is 11.8. The maximum Gasteiger partial charge on any atom is 0.169 e. The first-order valence-corrected chi connectivity index (χ1v) is 7.26. The molecule has 4 heteroatoms. The zero-order valence-electron chi connectivity index (χ0n) is 9.94. The Morgan fingerprint density at radius 3 is 2.59 bits per heavy atom. The van der Waals surface area contributed by atoms with E-state index in [1.807, 2.05) is 12.1 Å². The van der Waals surface area contributed by atoms with E-state index in [4.69, 9.17) is 10.2 Å². The third-order valence-corrected chi connectivity index (χ3v) is 4.77. The molecule has 2 fully saturated rings. The predicted octanol–water partition coefficient (Wildman–Crippen LogP) is 2.77. The molecule has 94 valence electrons. The normalized spacial score (nSPS) is 30.7. The van der Waals surface area contributed by atoms with Gasteiger partial charge in [0.05, 0.1) is 6.04 Å². The van der Waals surface area contributed by atoms with Crippen molar-refractivity contribution in [3.8, 4) is 0 Å². The number of halogens is 1. The lowest BCUT2D eigenvalue weighted by molar-refractivity contribution is 0.203. The van der Waals surface area contributed by atoms with Crippen LogP contribution in [0.25, 0.3) is 0 Å². The van der Waals surface area contributed by atoms with Crippen LogP contribution in [0.3, 0.4) is 0 Å². The van der Waals surface area contributed by atoms with E-state index in [-0.39, 0.29) is 6.04 Å². The van der Waals surface area contributed by atoms with Crippen LogP contribution in [0.4, 0.5) is 0 Å². The summed E-state index contributed by atoms with van der Waals surface area (Å²) in [6.07, 6.45) is 4.23. The average molecular weight is 299 g/mol. The van der Waals surface area contributed by atoms with Crippen LogP contribution >= 0.6 is 15.9 Å². The summed E-state index contributed by atoms with van der Waals surface area (Å²) in [5, 5.41) is 0. The van der Waals surface area contributed by atoms with Gasteiger partial charge < -0.3 is 10.2 Å². The molecule has 1 aromatic rings. The Kier molecular flexibility index (Phi) is 3.28. The summed E-state index contributed by atoms with van der Waals surface area (Å²) in [5.41, 5.74) is 5.93. The molecule has 3 rings (SSSR count). The smallest absolute Gasteiger partial charge is 0.169 e. The lowest BCUT2D eigenvalue weighted by Gasteiger charge is -2.25. The quantitative estimate of drug-likeness (QED) is 0.933. The second-order valence-electron chi connectivity index (χ2n) is 5.30. The Morgan fingerprint density at radius 2 is 2.06 bits per heavy atom. The number of likely N-dealkylation sites (tertiary alicyclic amines) is 1. The van der Waals surface area contributed by atoms with Crippen LogP contribution in [-0.2, 0) is 0 Å². The molecule has 2 aliphatic rings. The fraction of sp³-hybridized carbons (Fsp3) is 0.692. The van der Waals surface area contributed by atoms with Gasteiger partial charge in [-0.3, -0.25) is 4.90 Å². The number of nitrogens with zero attached hydrogens (tertiary/aromatic N) is 1. The van der Waals surface area contributed by atoms with Crippen molar-refractivity contribution in [1.82, 2.24) is 4.90 Å². The Bertz CT molecular complexity index is 381. The van der Waals surface area contributed by atoms with E-state index in [0.29, 0.717) is 6.54 Å². The van der Waals surface area contributed by atoms with Crippen LogP contribution < -0.4 is 5.73 Å². The number of fused-ring (bicyclic) bond motifs is 1. The molecule has 2 heterocycles. The highest BCUT2D eigenvalue weighted by molar-refractivity contribution is 9.10. The fourth-order valence-corrected chi connectivity index (χ4v) is 3.80. The van der Waals surface area contributed by atoms with Crippen molar-refractivity contribution in [2.75, 3.05) is 19.6 Å². The number of nitrogens with two attached hydrogens (primary N) is 1. The van der Waals surface area contributed by atoms with Crippen molar-refractivity contribution in [3.05, 3.63) is 22.6 Å². The van der Waals surface area contributed by atoms with Gasteiger partial charge in [0.2, 0.25) is 0 Å². The van der Waals surface area contributed by atoms with Gasteiger partial charge in [0.15, 0.2) is 4.67 Å². The average Bonchev–Trinajstić information content (AvgIpc) is 2.95. The molecule has 0 radical (unpaired) electrons. The monoisotopic (exact) mass is 298 g/mol. The van der Waals surface area contributed by atoms with Crippen molar-refractivity contribution < 1.29 is 4.42 Å². The largest absolute Gasteiger partial charge is 0.453 e. The molecule has 1 aromatic heterocycles. The molecule has 3 nitrogen and oxygen atoms in total. The maximum absolute atomic E-state index is 5.93. The third-order valence-electron chi connectivity index (χ3n) is 4.34. The molecule has 3 unspecified atom stereocenters. The Balaban J connectivity index is 1.74. The van der Waals surface area contributed by atoms with Gasteiger partial charge in [0.25, 0.3) is 0 Å². The lowest BCUT2D eigenvalue weighted by Crippen LogP contribution is -2.32. The summed E-state index contributed by atoms with van der Waals surface area (Å²) in [6.45, 7) is 3.04. The van der Waals surface area contributed by atoms with Crippen molar-refractivity contribution >= 4 is 15.9 Å². The van der Waals surface area contributed by atoms with E-state index in [1.165, 1.54) is 32.4 Å². The number of rotatable bonds is 3. The van der Waals surface area contributed by atoms with E-state index in [0.717, 1.165) is 22.3 Å². The van der Waals surface area contributed by atoms with Gasteiger partial charge in [-0.2, -0.15) is 0 Å². The van der Waals surface area contributed by atoms with Gasteiger partial charge in [-0.05, 0) is 52.7 Å². The van der Waals surface area contributed by atoms with E-state index in [9.17, 15) is 0 Å². The second-order valence-corrected chi connectivity index (χ2v) is 6.08. The van der Waals surface area contributed by atoms with E-state index in [1.54, 1.807) is 0 Å². The van der Waals surface area contributed by atoms with Crippen LogP contribution in [0.2, 0.25) is 0 Å². The summed E-state index contributed by atoms with van der Waals surface area (Å²) >= 11 is 3.36. The molecule has 0 spiro atoms. The zero-order valence-corrected chi connectivity index (χ0v) is 11.5. The summed E-state index contributed by atoms with van der Waals surface area (Å²) < 4.78 is 6.46. The first-order chi connectivity index (χ1) is 8.28. The minimum Gasteiger partial charge on any atom is -0.453 e. The summed E-state index contributed by atoms with van der Waals surface area (Å²) in [5.74, 6) is 2.81. The molecular formula is C13H19BrN2O. The standard InChI is InChI=1S/C13H19BrN2O/c14-13-5-4-12(17-13)11(6-15)16-7-9-2-1-3-10(9)8-16/h4-5,9-11H,1-3,6-8,15H2. The highest BCUT2D eigenvalue weighted by Gasteiger charge is 2.39. The molecule has 3 atom stereocenters. The molecule has 0 bridgehead atoms. The molecule has 0 amide bonds. The number of hydrogen-bond donors (Lipinski definition) is 1. The Hall–Kier alpha value is -0.320. The van der Waals surface area contributed by atoms with E-state index >= 15 is 0 Å². The van der Waals surface area contributed by atoms with Gasteiger partial charge in [-0.15, -0.1) is 0 Å². The van der Waals surface area contributed by atoms with Gasteiger partial charge in [0, 0.05) is 19.6 Å². The molecule has 17 heavy (non-hydrogen) atoms. The van der Waals surface area contributed by atoms with Crippen molar-refractivity contribution in [2.24, 2.45) is 17.6 Å². The molecule has 2 N–H and O–H groups in total. The Labute approximate surface area is 110 Å². The molecule has 1 aliphatic carbocycles. The first-order valence-electron chi connectivity index (χ1n) is 6.47. The molecule has 1 aliphatic heterocycles. The minimum atomic E-state index is 0.256. The predicted molar refractivity (Wildman–Crippen MR) is 70.6 cm³/mol. The molecule has 1 saturated carbocycles. The number of furan rings is 1. The number of hydrogen-bond acceptors (Lipinski definition) is 3. The van der Waals surface area contributed by atoms with Gasteiger partial charge in [0.1, 0.15) is 5.76 Å². The van der Waals surface area contributed by atoms with E-state index < -0.39 is 0 Å². The van der Waals surface area contributed by atoms with Crippen molar-refractivity contribution in [1.29, 1.82) is 0 Å². The summed E-state index contributed by atoms with van der Waals surface area (Å²) in [7, 11) is 0. The van der Waals surface area contributed by atoms with E-state index in [2.05, 4.69) is 20.8 Å². The van der Waals surface area contributed by atoms with Gasteiger partial charge in [-0.1, -0.05) is 6.42 Å². The highest BCUT2D eigenvalue weighted by atomic mass is 79.9. The molecular weight excluding hydrogens is 280 g/mol. The lowest BCUT2D eigenvalue weighted by atomic mass is 10.0. The second kappa shape index (κ2) is 4.75. The van der Waals surface area contributed by atoms with Crippen molar-refractivity contribution in [3.63, 3.8) is 0 Å². The van der Waals surface area contributed by atoms with Crippen LogP contribution in [0.5, 0.6) is 0 Å². The van der Waals surface area contributed by atoms with Gasteiger partial charge >= 0.3 is 0 Å². The van der Waals surface area contributed by atoms with Crippen LogP contribution in [0.1, 0.15) is 31.1 Å².